The van der Waals surface area contributed by atoms with Crippen LogP contribution < -0.4 is 16.6 Å². The second-order valence-corrected chi connectivity index (χ2v) is 6.38. The third kappa shape index (κ3) is 3.78. The fraction of sp³-hybridized carbons (Fsp3) is 0.267. The van der Waals surface area contributed by atoms with Gasteiger partial charge in [-0.15, -0.1) is 11.8 Å². The van der Waals surface area contributed by atoms with Gasteiger partial charge in [0.1, 0.15) is 11.9 Å². The maximum atomic E-state index is 11.9. The Hall–Kier alpha value is -2.17. The maximum absolute atomic E-state index is 11.9. The molecule has 0 fully saturated rings. The maximum Gasteiger partial charge on any atom is 0.332 e. The van der Waals surface area contributed by atoms with Crippen molar-refractivity contribution in [3.63, 3.8) is 0 Å². The highest BCUT2D eigenvalue weighted by molar-refractivity contribution is 7.99. The normalized spacial score (nSPS) is 10.3. The van der Waals surface area contributed by atoms with Gasteiger partial charge in [-0.3, -0.25) is 13.9 Å². The van der Waals surface area contributed by atoms with Gasteiger partial charge in [-0.1, -0.05) is 11.6 Å². The van der Waals surface area contributed by atoms with Gasteiger partial charge < -0.3 is 5.32 Å². The average Bonchev–Trinajstić information content (AvgIpc) is 2.55. The van der Waals surface area contributed by atoms with E-state index in [1.807, 2.05) is 30.3 Å². The van der Waals surface area contributed by atoms with Crippen molar-refractivity contribution < 1.29 is 0 Å². The van der Waals surface area contributed by atoms with Crippen LogP contribution in [0.4, 0.5) is 5.82 Å². The first-order valence-corrected chi connectivity index (χ1v) is 8.14. The number of aromatic nitrogens is 2. The number of nitrogens with one attached hydrogen (secondary N) is 1. The summed E-state index contributed by atoms with van der Waals surface area (Å²) in [7, 11) is 2.88. The number of nitrogens with zero attached hydrogens (tertiary/aromatic N) is 3. The van der Waals surface area contributed by atoms with Crippen molar-refractivity contribution >= 4 is 29.2 Å². The molecule has 8 heteroatoms. The Morgan fingerprint density at radius 1 is 1.22 bits per heavy atom. The van der Waals surface area contributed by atoms with Crippen LogP contribution >= 0.6 is 23.4 Å². The summed E-state index contributed by atoms with van der Waals surface area (Å²) in [6, 6.07) is 9.33. The van der Waals surface area contributed by atoms with Gasteiger partial charge in [0.2, 0.25) is 0 Å². The molecular formula is C15H15ClN4O2S. The Bertz CT molecular complexity index is 865. The number of thioether (sulfide) groups is 1. The van der Waals surface area contributed by atoms with Gasteiger partial charge in [0, 0.05) is 36.3 Å². The third-order valence-electron chi connectivity index (χ3n) is 3.25. The molecule has 0 aliphatic heterocycles. The van der Waals surface area contributed by atoms with Gasteiger partial charge in [0.15, 0.2) is 5.56 Å². The molecule has 1 aromatic heterocycles. The van der Waals surface area contributed by atoms with Crippen molar-refractivity contribution in [1.82, 2.24) is 9.13 Å². The van der Waals surface area contributed by atoms with Crippen molar-refractivity contribution in [3.8, 4) is 6.07 Å². The van der Waals surface area contributed by atoms with Crippen LogP contribution in [-0.4, -0.2) is 21.4 Å². The third-order valence-corrected chi connectivity index (χ3v) is 4.52. The average molecular weight is 351 g/mol. The van der Waals surface area contributed by atoms with Crippen molar-refractivity contribution in [2.75, 3.05) is 17.6 Å². The lowest BCUT2D eigenvalue weighted by Gasteiger charge is -2.13. The molecule has 0 unspecified atom stereocenters. The second-order valence-electron chi connectivity index (χ2n) is 4.77. The highest BCUT2D eigenvalue weighted by Crippen LogP contribution is 2.20. The molecule has 120 valence electrons. The molecule has 1 N–H and O–H groups in total. The summed E-state index contributed by atoms with van der Waals surface area (Å²) in [5.41, 5.74) is -1.13. The van der Waals surface area contributed by atoms with Crippen LogP contribution in [0, 0.1) is 11.3 Å². The number of hydrogen-bond donors (Lipinski definition) is 1. The minimum absolute atomic E-state index is 0.0638. The van der Waals surface area contributed by atoms with Gasteiger partial charge in [0.05, 0.1) is 0 Å². The van der Waals surface area contributed by atoms with Crippen molar-refractivity contribution in [3.05, 3.63) is 55.7 Å². The predicted octanol–water partition coefficient (Wildman–Crippen LogP) is 1.81. The highest BCUT2D eigenvalue weighted by Gasteiger charge is 2.14. The summed E-state index contributed by atoms with van der Waals surface area (Å²) in [4.78, 5) is 24.9. The quantitative estimate of drug-likeness (QED) is 0.657. The van der Waals surface area contributed by atoms with E-state index in [0.29, 0.717) is 17.3 Å². The standard InChI is InChI=1S/C15H15ClN4O2S/c1-19-13(12(9-17)14(21)20(2)15(19)22)18-7-8-23-11-5-3-10(16)4-6-11/h3-6,18H,7-8H2,1-2H3. The number of rotatable bonds is 5. The zero-order valence-electron chi connectivity index (χ0n) is 12.7. The molecule has 0 radical (unpaired) electrons. The first kappa shape index (κ1) is 17.2. The smallest absolute Gasteiger partial charge is 0.332 e. The summed E-state index contributed by atoms with van der Waals surface area (Å²) in [6.07, 6.45) is 0. The summed E-state index contributed by atoms with van der Waals surface area (Å²) in [5.74, 6) is 0.952. The molecule has 0 spiro atoms. The Kier molecular flexibility index (Phi) is 5.53. The number of nitriles is 1. The van der Waals surface area contributed by atoms with Crippen LogP contribution in [0.3, 0.4) is 0 Å². The molecule has 23 heavy (non-hydrogen) atoms. The summed E-state index contributed by atoms with van der Waals surface area (Å²) in [6.45, 7) is 0.502. The first-order valence-electron chi connectivity index (χ1n) is 6.78. The zero-order valence-corrected chi connectivity index (χ0v) is 14.2. The highest BCUT2D eigenvalue weighted by atomic mass is 35.5. The fourth-order valence-electron chi connectivity index (χ4n) is 2.02. The van der Waals surface area contributed by atoms with E-state index in [2.05, 4.69) is 5.32 Å². The van der Waals surface area contributed by atoms with E-state index in [1.54, 1.807) is 11.8 Å². The van der Waals surface area contributed by atoms with Crippen LogP contribution in [0.1, 0.15) is 5.56 Å². The topological polar surface area (TPSA) is 79.8 Å². The molecule has 1 aromatic carbocycles. The zero-order chi connectivity index (χ0) is 17.0. The fourth-order valence-corrected chi connectivity index (χ4v) is 2.92. The lowest BCUT2D eigenvalue weighted by Crippen LogP contribution is -2.40. The Morgan fingerprint density at radius 2 is 1.87 bits per heavy atom. The minimum atomic E-state index is -0.594. The van der Waals surface area contributed by atoms with Crippen LogP contribution in [0.15, 0.2) is 38.8 Å². The number of anilines is 1. The van der Waals surface area contributed by atoms with Crippen LogP contribution in [0.25, 0.3) is 0 Å². The molecule has 2 aromatic rings. The predicted molar refractivity (Wildman–Crippen MR) is 92.3 cm³/mol. The van der Waals surface area contributed by atoms with Gasteiger partial charge in [-0.25, -0.2) is 4.79 Å². The van der Waals surface area contributed by atoms with Crippen LogP contribution in [-0.2, 0) is 14.1 Å². The van der Waals surface area contributed by atoms with Crippen LogP contribution in [0.2, 0.25) is 5.02 Å². The van der Waals surface area contributed by atoms with E-state index >= 15 is 0 Å². The molecular weight excluding hydrogens is 336 g/mol. The molecule has 0 aliphatic carbocycles. The van der Waals surface area contributed by atoms with Gasteiger partial charge in [0.25, 0.3) is 5.56 Å². The monoisotopic (exact) mass is 350 g/mol. The lowest BCUT2D eigenvalue weighted by atomic mass is 10.3. The lowest BCUT2D eigenvalue weighted by molar-refractivity contribution is 0.686. The van der Waals surface area contributed by atoms with Gasteiger partial charge in [-0.05, 0) is 24.3 Å². The van der Waals surface area contributed by atoms with Crippen LogP contribution in [0.5, 0.6) is 0 Å². The van der Waals surface area contributed by atoms with Crippen molar-refractivity contribution in [1.29, 1.82) is 5.26 Å². The van der Waals surface area contributed by atoms with Crippen molar-refractivity contribution in [2.45, 2.75) is 4.90 Å². The van der Waals surface area contributed by atoms with E-state index in [-0.39, 0.29) is 11.4 Å². The summed E-state index contributed by atoms with van der Waals surface area (Å²) < 4.78 is 2.19. The van der Waals surface area contributed by atoms with E-state index in [9.17, 15) is 9.59 Å². The van der Waals surface area contributed by atoms with E-state index in [4.69, 9.17) is 16.9 Å². The van der Waals surface area contributed by atoms with E-state index in [0.717, 1.165) is 9.46 Å². The first-order chi connectivity index (χ1) is 11.0. The molecule has 0 atom stereocenters. The Labute approximate surface area is 142 Å². The molecule has 0 saturated heterocycles. The number of halogens is 1. The minimum Gasteiger partial charge on any atom is -0.369 e. The molecule has 0 aliphatic rings. The second kappa shape index (κ2) is 7.40. The van der Waals surface area contributed by atoms with E-state index in [1.165, 1.54) is 18.7 Å². The summed E-state index contributed by atoms with van der Waals surface area (Å²) in [5, 5.41) is 12.8. The number of hydrogen-bond acceptors (Lipinski definition) is 5. The van der Waals surface area contributed by atoms with Gasteiger partial charge >= 0.3 is 5.69 Å². The molecule has 1 heterocycles. The molecule has 0 saturated carbocycles. The Morgan fingerprint density at radius 3 is 2.48 bits per heavy atom. The number of benzene rings is 1. The van der Waals surface area contributed by atoms with Crippen molar-refractivity contribution in [2.24, 2.45) is 14.1 Å². The molecule has 0 bridgehead atoms. The summed E-state index contributed by atoms with van der Waals surface area (Å²) >= 11 is 7.43. The largest absolute Gasteiger partial charge is 0.369 e. The Balaban J connectivity index is 2.09. The van der Waals surface area contributed by atoms with E-state index < -0.39 is 11.2 Å². The molecule has 0 amide bonds. The van der Waals surface area contributed by atoms with Gasteiger partial charge in [-0.2, -0.15) is 5.26 Å². The molecule has 6 nitrogen and oxygen atoms in total. The SMILES string of the molecule is Cn1c(NCCSc2ccc(Cl)cc2)c(C#N)c(=O)n(C)c1=O. The molecule has 2 rings (SSSR count).